The molecule has 2 bridgehead atoms. The number of hydrogen-bond donors (Lipinski definition) is 2. The van der Waals surface area contributed by atoms with E-state index in [1.807, 2.05) is 48.5 Å². The molecule has 1 aliphatic heterocycles. The lowest BCUT2D eigenvalue weighted by atomic mass is 9.54. The molecular formula is C27H18Cl2N2O5. The Kier molecular flexibility index (Phi) is 4.84. The van der Waals surface area contributed by atoms with Crippen molar-refractivity contribution < 1.29 is 24.3 Å². The normalized spacial score (nSPS) is 27.3. The molecule has 3 aromatic rings. The Bertz CT molecular complexity index is 1380. The molecule has 0 spiro atoms. The van der Waals surface area contributed by atoms with Gasteiger partial charge >= 0.3 is 5.97 Å². The first-order valence-corrected chi connectivity index (χ1v) is 12.0. The minimum atomic E-state index is -1.32. The van der Waals surface area contributed by atoms with Crippen molar-refractivity contribution in [1.29, 1.82) is 0 Å². The van der Waals surface area contributed by atoms with Crippen LogP contribution in [0.1, 0.15) is 32.6 Å². The third-order valence-electron chi connectivity index (χ3n) is 7.37. The highest BCUT2D eigenvalue weighted by molar-refractivity contribution is 6.36. The molecule has 3 aliphatic carbocycles. The molecule has 7 nitrogen and oxygen atoms in total. The lowest BCUT2D eigenvalue weighted by Crippen LogP contribution is -2.57. The largest absolute Gasteiger partial charge is 0.478 e. The van der Waals surface area contributed by atoms with Crippen molar-refractivity contribution in [2.45, 2.75) is 9.75 Å². The van der Waals surface area contributed by atoms with E-state index in [1.165, 1.54) is 24.3 Å². The lowest BCUT2D eigenvalue weighted by molar-refractivity contribution is -0.142. The van der Waals surface area contributed by atoms with Gasteiger partial charge in [0.25, 0.3) is 0 Å². The number of hydrogen-bond acceptors (Lipinski definition) is 4. The average Bonchev–Trinajstić information content (AvgIpc) is 3.13. The molecule has 0 radical (unpaired) electrons. The summed E-state index contributed by atoms with van der Waals surface area (Å²) in [6.45, 7) is -0.547. The summed E-state index contributed by atoms with van der Waals surface area (Å²) < 4.78 is 0. The fraction of sp³-hybridized carbons (Fsp3) is 0.185. The second-order valence-corrected chi connectivity index (χ2v) is 10.4. The monoisotopic (exact) mass is 520 g/mol. The van der Waals surface area contributed by atoms with E-state index in [0.717, 1.165) is 4.90 Å². The Balaban J connectivity index is 1.38. The van der Waals surface area contributed by atoms with Crippen molar-refractivity contribution in [3.05, 3.63) is 101 Å². The van der Waals surface area contributed by atoms with Crippen LogP contribution in [0, 0.1) is 11.8 Å². The van der Waals surface area contributed by atoms with E-state index in [9.17, 15) is 24.3 Å². The van der Waals surface area contributed by atoms with Crippen LogP contribution in [0.2, 0.25) is 0 Å². The molecule has 3 amide bonds. The third-order valence-corrected chi connectivity index (χ3v) is 8.66. The van der Waals surface area contributed by atoms with Crippen molar-refractivity contribution in [1.82, 2.24) is 4.90 Å². The summed E-state index contributed by atoms with van der Waals surface area (Å²) in [6.07, 6.45) is 0. The summed E-state index contributed by atoms with van der Waals surface area (Å²) in [4.78, 5) is 49.8. The molecule has 4 aliphatic rings. The molecular weight excluding hydrogens is 503 g/mol. The smallest absolute Gasteiger partial charge is 0.335 e. The molecule has 1 fully saturated rings. The van der Waals surface area contributed by atoms with Gasteiger partial charge in [0.2, 0.25) is 17.7 Å². The highest BCUT2D eigenvalue weighted by Crippen LogP contribution is 2.69. The van der Waals surface area contributed by atoms with Crippen LogP contribution < -0.4 is 5.32 Å². The number of amides is 3. The van der Waals surface area contributed by atoms with E-state index >= 15 is 0 Å². The van der Waals surface area contributed by atoms with E-state index < -0.39 is 51.8 Å². The van der Waals surface area contributed by atoms with Gasteiger partial charge in [-0.15, -0.1) is 23.2 Å². The predicted molar refractivity (Wildman–Crippen MR) is 132 cm³/mol. The summed E-state index contributed by atoms with van der Waals surface area (Å²) >= 11 is 14.7. The van der Waals surface area contributed by atoms with Crippen molar-refractivity contribution in [2.24, 2.45) is 11.8 Å². The predicted octanol–water partition coefficient (Wildman–Crippen LogP) is 3.92. The van der Waals surface area contributed by atoms with Crippen LogP contribution in [0.4, 0.5) is 5.69 Å². The number of likely N-dealkylation sites (tertiary alicyclic amines) is 1. The molecule has 0 saturated carbocycles. The van der Waals surface area contributed by atoms with Crippen molar-refractivity contribution in [3.63, 3.8) is 0 Å². The van der Waals surface area contributed by atoms with Crippen LogP contribution in [0.3, 0.4) is 0 Å². The first-order chi connectivity index (χ1) is 17.2. The molecule has 180 valence electrons. The average molecular weight is 521 g/mol. The Morgan fingerprint density at radius 2 is 1.28 bits per heavy atom. The Labute approximate surface area is 215 Å². The quantitative estimate of drug-likeness (QED) is 0.400. The minimum absolute atomic E-state index is 0.00703. The second kappa shape index (κ2) is 7.66. The fourth-order valence-corrected chi connectivity index (χ4v) is 7.05. The van der Waals surface area contributed by atoms with Gasteiger partial charge in [0.15, 0.2) is 0 Å². The molecule has 2 N–H and O–H groups in total. The number of imide groups is 1. The van der Waals surface area contributed by atoms with Gasteiger partial charge in [0.1, 0.15) is 16.3 Å². The summed E-state index contributed by atoms with van der Waals surface area (Å²) in [7, 11) is 0. The number of nitrogens with zero attached hydrogens (tertiary/aromatic N) is 1. The standard InChI is InChI=1S/C27H18Cl2N2O5/c28-26-16-8-1-2-9-17(16)27(29,19-11-4-3-10-18(19)26)22-21(26)23(33)31(24(22)34)13-20(32)30-15-7-5-6-14(12-15)25(35)36/h1-12,21-22H,13H2,(H,30,32)(H,35,36)/t21-,22-,26?,27?/m1/s1. The van der Waals surface area contributed by atoms with Gasteiger partial charge in [-0.2, -0.15) is 0 Å². The number of carbonyl (C=O) groups is 4. The minimum Gasteiger partial charge on any atom is -0.478 e. The second-order valence-electron chi connectivity index (χ2n) is 9.17. The summed E-state index contributed by atoms with van der Waals surface area (Å²) in [5, 5.41) is 11.7. The number of carboxylic acids is 1. The van der Waals surface area contributed by atoms with E-state index in [0.29, 0.717) is 22.3 Å². The Morgan fingerprint density at radius 1 is 0.806 bits per heavy atom. The van der Waals surface area contributed by atoms with E-state index in [-0.39, 0.29) is 11.3 Å². The van der Waals surface area contributed by atoms with Gasteiger partial charge in [-0.05, 0) is 40.5 Å². The number of anilines is 1. The van der Waals surface area contributed by atoms with Crippen molar-refractivity contribution >= 4 is 52.6 Å². The van der Waals surface area contributed by atoms with Gasteiger partial charge in [-0.25, -0.2) is 4.79 Å². The maximum Gasteiger partial charge on any atom is 0.335 e. The fourth-order valence-electron chi connectivity index (χ4n) is 5.95. The highest BCUT2D eigenvalue weighted by atomic mass is 35.5. The number of rotatable bonds is 4. The van der Waals surface area contributed by atoms with Gasteiger partial charge in [-0.1, -0.05) is 54.6 Å². The topological polar surface area (TPSA) is 104 Å². The molecule has 3 aromatic carbocycles. The Hall–Kier alpha value is -3.68. The van der Waals surface area contributed by atoms with Gasteiger partial charge in [-0.3, -0.25) is 19.3 Å². The molecule has 36 heavy (non-hydrogen) atoms. The zero-order valence-electron chi connectivity index (χ0n) is 18.6. The summed E-state index contributed by atoms with van der Waals surface area (Å²) in [5.41, 5.74) is 2.95. The van der Waals surface area contributed by atoms with Crippen molar-refractivity contribution in [3.8, 4) is 0 Å². The SMILES string of the molecule is O=C(CN1C(=O)[C@H]2[C@H](C1=O)C1(Cl)c3ccccc3C2(Cl)c2ccccc21)Nc1cccc(C(=O)O)c1. The lowest BCUT2D eigenvalue weighted by Gasteiger charge is -2.54. The maximum atomic E-state index is 13.7. The number of carboxylic acid groups (broad SMARTS) is 1. The van der Waals surface area contributed by atoms with Gasteiger partial charge in [0, 0.05) is 5.69 Å². The first kappa shape index (κ1) is 22.8. The van der Waals surface area contributed by atoms with E-state index in [2.05, 4.69) is 5.32 Å². The molecule has 7 rings (SSSR count). The zero-order valence-corrected chi connectivity index (χ0v) is 20.1. The molecule has 9 heteroatoms. The molecule has 2 atom stereocenters. The van der Waals surface area contributed by atoms with E-state index in [4.69, 9.17) is 23.2 Å². The van der Waals surface area contributed by atoms with Crippen LogP contribution in [0.5, 0.6) is 0 Å². The number of carbonyl (C=O) groups excluding carboxylic acids is 3. The molecule has 1 saturated heterocycles. The van der Waals surface area contributed by atoms with Crippen LogP contribution in [-0.4, -0.2) is 40.2 Å². The maximum absolute atomic E-state index is 13.7. The number of alkyl halides is 2. The summed E-state index contributed by atoms with van der Waals surface area (Å²) in [5.74, 6) is -4.90. The highest BCUT2D eigenvalue weighted by Gasteiger charge is 2.73. The van der Waals surface area contributed by atoms with Gasteiger partial charge < -0.3 is 10.4 Å². The number of nitrogens with one attached hydrogen (secondary N) is 1. The van der Waals surface area contributed by atoms with Gasteiger partial charge in [0.05, 0.1) is 17.4 Å². The van der Waals surface area contributed by atoms with Crippen LogP contribution >= 0.6 is 23.2 Å². The number of benzene rings is 3. The van der Waals surface area contributed by atoms with Crippen LogP contribution in [-0.2, 0) is 24.1 Å². The van der Waals surface area contributed by atoms with E-state index in [1.54, 1.807) is 0 Å². The summed E-state index contributed by atoms with van der Waals surface area (Å²) in [6, 6.07) is 20.3. The molecule has 1 heterocycles. The zero-order chi connectivity index (χ0) is 25.4. The van der Waals surface area contributed by atoms with Crippen molar-refractivity contribution in [2.75, 3.05) is 11.9 Å². The third kappa shape index (κ3) is 2.81. The molecule has 0 unspecified atom stereocenters. The molecule has 0 aromatic heterocycles. The number of halogens is 2. The number of aromatic carboxylic acids is 1. The van der Waals surface area contributed by atoms with Crippen LogP contribution in [0.25, 0.3) is 0 Å². The van der Waals surface area contributed by atoms with Crippen LogP contribution in [0.15, 0.2) is 72.8 Å². The first-order valence-electron chi connectivity index (χ1n) is 11.2. The Morgan fingerprint density at radius 3 is 1.72 bits per heavy atom.